The Morgan fingerprint density at radius 1 is 1.07 bits per heavy atom. The first kappa shape index (κ1) is 20.9. The van der Waals surface area contributed by atoms with E-state index in [9.17, 15) is 10.1 Å². The zero-order valence-electron chi connectivity index (χ0n) is 16.8. The van der Waals surface area contributed by atoms with Gasteiger partial charge in [0.25, 0.3) is 5.69 Å². The Morgan fingerprint density at radius 2 is 1.80 bits per heavy atom. The van der Waals surface area contributed by atoms with Crippen molar-refractivity contribution in [1.82, 2.24) is 0 Å². The van der Waals surface area contributed by atoms with E-state index in [1.807, 2.05) is 42.5 Å². The average molecular weight is 404 g/mol. The summed E-state index contributed by atoms with van der Waals surface area (Å²) in [5, 5.41) is 14.2. The molecule has 6 heteroatoms. The van der Waals surface area contributed by atoms with Crippen molar-refractivity contribution >= 4 is 11.4 Å². The van der Waals surface area contributed by atoms with Gasteiger partial charge in [0, 0.05) is 29.9 Å². The summed E-state index contributed by atoms with van der Waals surface area (Å²) in [4.78, 5) is 10.4. The highest BCUT2D eigenvalue weighted by atomic mass is 16.6. The van der Waals surface area contributed by atoms with E-state index in [0.29, 0.717) is 24.5 Å². The number of nitro groups is 1. The standard InChI is InChI=1S/C24H24N2O4/c1-3-7-20-14-19(16-25-21-8-5-4-6-9-21)15-23(29-2)24(20)30-17-18-10-12-22(13-11-18)26(27)28/h3-6,8-15,25H,1,7,16-17H2,2H3. The molecule has 154 valence electrons. The van der Waals surface area contributed by atoms with Crippen molar-refractivity contribution in [1.29, 1.82) is 0 Å². The topological polar surface area (TPSA) is 73.6 Å². The van der Waals surface area contributed by atoms with Gasteiger partial charge in [0.05, 0.1) is 12.0 Å². The first-order valence-corrected chi connectivity index (χ1v) is 9.56. The molecular weight excluding hydrogens is 380 g/mol. The number of rotatable bonds is 10. The van der Waals surface area contributed by atoms with Gasteiger partial charge in [-0.1, -0.05) is 24.3 Å². The van der Waals surface area contributed by atoms with Gasteiger partial charge in [-0.3, -0.25) is 10.1 Å². The lowest BCUT2D eigenvalue weighted by atomic mass is 10.1. The molecule has 0 aromatic heterocycles. The number of hydrogen-bond donors (Lipinski definition) is 1. The van der Waals surface area contributed by atoms with Crippen molar-refractivity contribution in [3.05, 3.63) is 106 Å². The Morgan fingerprint density at radius 3 is 2.43 bits per heavy atom. The number of hydrogen-bond acceptors (Lipinski definition) is 5. The van der Waals surface area contributed by atoms with Gasteiger partial charge in [-0.05, 0) is 53.9 Å². The van der Waals surface area contributed by atoms with Crippen LogP contribution in [0.1, 0.15) is 16.7 Å². The van der Waals surface area contributed by atoms with Crippen LogP contribution in [0.5, 0.6) is 11.5 Å². The number of para-hydroxylation sites is 1. The van der Waals surface area contributed by atoms with Crippen LogP contribution in [0, 0.1) is 10.1 Å². The second-order valence-corrected chi connectivity index (χ2v) is 6.71. The van der Waals surface area contributed by atoms with Crippen molar-refractivity contribution in [2.75, 3.05) is 12.4 Å². The van der Waals surface area contributed by atoms with Crippen molar-refractivity contribution in [3.8, 4) is 11.5 Å². The minimum Gasteiger partial charge on any atom is -0.493 e. The van der Waals surface area contributed by atoms with Gasteiger partial charge in [-0.2, -0.15) is 0 Å². The maximum absolute atomic E-state index is 10.8. The van der Waals surface area contributed by atoms with Crippen molar-refractivity contribution < 1.29 is 14.4 Å². The molecule has 0 atom stereocenters. The zero-order valence-corrected chi connectivity index (χ0v) is 16.8. The molecule has 0 saturated carbocycles. The number of nitrogens with zero attached hydrogens (tertiary/aromatic N) is 1. The quantitative estimate of drug-likeness (QED) is 0.273. The minimum atomic E-state index is -0.419. The van der Waals surface area contributed by atoms with Gasteiger partial charge in [0.2, 0.25) is 0 Å². The Hall–Kier alpha value is -3.80. The van der Waals surface area contributed by atoms with Gasteiger partial charge >= 0.3 is 0 Å². The summed E-state index contributed by atoms with van der Waals surface area (Å²) in [7, 11) is 1.61. The molecule has 0 aliphatic carbocycles. The summed E-state index contributed by atoms with van der Waals surface area (Å²) in [5.41, 5.74) is 3.97. The third-order valence-electron chi connectivity index (χ3n) is 4.58. The highest BCUT2D eigenvalue weighted by Crippen LogP contribution is 2.34. The van der Waals surface area contributed by atoms with Crippen molar-refractivity contribution in [2.24, 2.45) is 0 Å². The molecule has 0 radical (unpaired) electrons. The fourth-order valence-electron chi connectivity index (χ4n) is 3.08. The van der Waals surface area contributed by atoms with E-state index < -0.39 is 4.92 Å². The van der Waals surface area contributed by atoms with Crippen LogP contribution in [0.15, 0.2) is 79.4 Å². The SMILES string of the molecule is C=CCc1cc(CNc2ccccc2)cc(OC)c1OCc1ccc([N+](=O)[O-])cc1. The van der Waals surface area contributed by atoms with Gasteiger partial charge in [0.1, 0.15) is 6.61 Å². The normalized spacial score (nSPS) is 10.3. The van der Waals surface area contributed by atoms with Crippen LogP contribution in [-0.2, 0) is 19.6 Å². The molecule has 0 aliphatic heterocycles. The number of nitrogens with one attached hydrogen (secondary N) is 1. The number of methoxy groups -OCH3 is 1. The maximum atomic E-state index is 10.8. The molecule has 0 aliphatic rings. The molecule has 3 aromatic carbocycles. The van der Waals surface area contributed by atoms with E-state index in [-0.39, 0.29) is 12.3 Å². The Balaban J connectivity index is 1.78. The minimum absolute atomic E-state index is 0.0546. The lowest BCUT2D eigenvalue weighted by molar-refractivity contribution is -0.384. The maximum Gasteiger partial charge on any atom is 0.269 e. The van der Waals surface area contributed by atoms with Crippen LogP contribution < -0.4 is 14.8 Å². The lowest BCUT2D eigenvalue weighted by Crippen LogP contribution is -2.05. The number of non-ortho nitro benzene ring substituents is 1. The van der Waals surface area contributed by atoms with Gasteiger partial charge in [-0.25, -0.2) is 0 Å². The molecule has 0 amide bonds. The molecule has 0 saturated heterocycles. The Bertz CT molecular complexity index is 1000. The predicted molar refractivity (Wildman–Crippen MR) is 118 cm³/mol. The summed E-state index contributed by atoms with van der Waals surface area (Å²) in [6, 6.07) is 20.3. The fraction of sp³-hybridized carbons (Fsp3) is 0.167. The molecule has 0 fully saturated rings. The molecule has 3 rings (SSSR count). The second-order valence-electron chi connectivity index (χ2n) is 6.71. The third-order valence-corrected chi connectivity index (χ3v) is 4.58. The summed E-state index contributed by atoms with van der Waals surface area (Å²) >= 11 is 0. The number of ether oxygens (including phenoxy) is 2. The van der Waals surface area contributed by atoms with Crippen molar-refractivity contribution in [2.45, 2.75) is 19.6 Å². The van der Waals surface area contributed by atoms with Crippen LogP contribution in [0.3, 0.4) is 0 Å². The molecule has 1 N–H and O–H groups in total. The van der Waals surface area contributed by atoms with Gasteiger partial charge in [-0.15, -0.1) is 6.58 Å². The fourth-order valence-corrected chi connectivity index (χ4v) is 3.08. The molecule has 0 spiro atoms. The van der Waals surface area contributed by atoms with E-state index in [4.69, 9.17) is 9.47 Å². The molecule has 0 bridgehead atoms. The van der Waals surface area contributed by atoms with Crippen LogP contribution in [0.4, 0.5) is 11.4 Å². The molecule has 0 unspecified atom stereocenters. The number of nitro benzene ring substituents is 1. The van der Waals surface area contributed by atoms with Gasteiger partial charge in [0.15, 0.2) is 11.5 Å². The first-order valence-electron chi connectivity index (χ1n) is 9.56. The Labute approximate surface area is 175 Å². The smallest absolute Gasteiger partial charge is 0.269 e. The average Bonchev–Trinajstić information content (AvgIpc) is 2.77. The zero-order chi connectivity index (χ0) is 21.3. The van der Waals surface area contributed by atoms with Gasteiger partial charge < -0.3 is 14.8 Å². The van der Waals surface area contributed by atoms with E-state index in [1.54, 1.807) is 19.2 Å². The van der Waals surface area contributed by atoms with E-state index in [0.717, 1.165) is 22.4 Å². The van der Waals surface area contributed by atoms with Crippen LogP contribution in [0.25, 0.3) is 0 Å². The predicted octanol–water partition coefficient (Wildman–Crippen LogP) is 5.52. The summed E-state index contributed by atoms with van der Waals surface area (Å²) in [6.07, 6.45) is 2.45. The number of benzene rings is 3. The van der Waals surface area contributed by atoms with Crippen LogP contribution in [-0.4, -0.2) is 12.0 Å². The van der Waals surface area contributed by atoms with E-state index in [1.165, 1.54) is 12.1 Å². The van der Waals surface area contributed by atoms with Crippen molar-refractivity contribution in [3.63, 3.8) is 0 Å². The lowest BCUT2D eigenvalue weighted by Gasteiger charge is -2.17. The molecule has 6 nitrogen and oxygen atoms in total. The molecular formula is C24H24N2O4. The van der Waals surface area contributed by atoms with E-state index in [2.05, 4.69) is 18.0 Å². The number of anilines is 1. The molecule has 3 aromatic rings. The highest BCUT2D eigenvalue weighted by Gasteiger charge is 2.14. The van der Waals surface area contributed by atoms with Crippen LogP contribution in [0.2, 0.25) is 0 Å². The largest absolute Gasteiger partial charge is 0.493 e. The molecule has 0 heterocycles. The summed E-state index contributed by atoms with van der Waals surface area (Å²) in [6.45, 7) is 4.77. The van der Waals surface area contributed by atoms with E-state index >= 15 is 0 Å². The molecule has 30 heavy (non-hydrogen) atoms. The Kier molecular flexibility index (Phi) is 7.05. The second kappa shape index (κ2) is 10.1. The monoisotopic (exact) mass is 404 g/mol. The highest BCUT2D eigenvalue weighted by molar-refractivity contribution is 5.52. The first-order chi connectivity index (χ1) is 14.6. The summed E-state index contributed by atoms with van der Waals surface area (Å²) in [5.74, 6) is 1.29. The van der Waals surface area contributed by atoms with Crippen LogP contribution >= 0.6 is 0 Å². The third kappa shape index (κ3) is 5.38. The summed E-state index contributed by atoms with van der Waals surface area (Å²) < 4.78 is 11.6. The number of allylic oxidation sites excluding steroid dienone is 1.